The summed E-state index contributed by atoms with van der Waals surface area (Å²) in [5.41, 5.74) is 0. The van der Waals surface area contributed by atoms with Crippen LogP contribution in [0.4, 0.5) is 4.79 Å². The van der Waals surface area contributed by atoms with E-state index < -0.39 is 6.03 Å². The maximum absolute atomic E-state index is 11.6. The van der Waals surface area contributed by atoms with E-state index in [1.54, 1.807) is 6.08 Å². The summed E-state index contributed by atoms with van der Waals surface area (Å²) in [5, 5.41) is 8.18. The molecule has 6 heteroatoms. The Hall–Kier alpha value is -1.40. The molecule has 2 aliphatic heterocycles. The zero-order valence-electron chi connectivity index (χ0n) is 10.4. The minimum atomic E-state index is -0.457. The molecule has 0 aliphatic carbocycles. The van der Waals surface area contributed by atoms with Crippen LogP contribution in [0.15, 0.2) is 12.7 Å². The standard InChI is InChI=1S/C12H20N4O2/c1-2-3-14-12(18)15-11(17)8-16-6-9-4-13-5-10(9)7-16/h2,9-10,13H,1,3-8H2,(H2,14,15,17,18). The van der Waals surface area contributed by atoms with Crippen LogP contribution in [0.2, 0.25) is 0 Å². The minimum Gasteiger partial charge on any atom is -0.334 e. The van der Waals surface area contributed by atoms with Gasteiger partial charge in [-0.2, -0.15) is 0 Å². The van der Waals surface area contributed by atoms with E-state index in [9.17, 15) is 9.59 Å². The molecule has 0 spiro atoms. The number of likely N-dealkylation sites (tertiary alicyclic amines) is 1. The highest BCUT2D eigenvalue weighted by molar-refractivity contribution is 5.95. The van der Waals surface area contributed by atoms with E-state index in [2.05, 4.69) is 27.4 Å². The van der Waals surface area contributed by atoms with Crippen molar-refractivity contribution in [3.63, 3.8) is 0 Å². The fraction of sp³-hybridized carbons (Fsp3) is 0.667. The molecule has 0 radical (unpaired) electrons. The number of hydrogen-bond acceptors (Lipinski definition) is 4. The Bertz CT molecular complexity index is 333. The normalized spacial score (nSPS) is 26.7. The first-order valence-electron chi connectivity index (χ1n) is 6.30. The number of fused-ring (bicyclic) bond motifs is 1. The third-order valence-electron chi connectivity index (χ3n) is 3.49. The lowest BCUT2D eigenvalue weighted by Gasteiger charge is -2.16. The summed E-state index contributed by atoms with van der Waals surface area (Å²) < 4.78 is 0. The van der Waals surface area contributed by atoms with Crippen molar-refractivity contribution in [2.75, 3.05) is 39.3 Å². The van der Waals surface area contributed by atoms with E-state index in [0.29, 0.717) is 24.9 Å². The van der Waals surface area contributed by atoms with Gasteiger partial charge in [0.15, 0.2) is 0 Å². The summed E-state index contributed by atoms with van der Waals surface area (Å²) in [7, 11) is 0. The zero-order chi connectivity index (χ0) is 13.0. The number of rotatable bonds is 4. The summed E-state index contributed by atoms with van der Waals surface area (Å²) in [6.07, 6.45) is 1.57. The van der Waals surface area contributed by atoms with Crippen LogP contribution in [0, 0.1) is 11.8 Å². The Kier molecular flexibility index (Phi) is 4.33. The van der Waals surface area contributed by atoms with Gasteiger partial charge in [0.25, 0.3) is 0 Å². The Morgan fingerprint density at radius 3 is 2.61 bits per heavy atom. The molecule has 0 aromatic heterocycles. The van der Waals surface area contributed by atoms with Gasteiger partial charge in [-0.15, -0.1) is 6.58 Å². The fourth-order valence-electron chi connectivity index (χ4n) is 2.66. The van der Waals surface area contributed by atoms with Crippen LogP contribution in [-0.4, -0.2) is 56.1 Å². The average molecular weight is 252 g/mol. The van der Waals surface area contributed by atoms with Crippen LogP contribution < -0.4 is 16.0 Å². The Balaban J connectivity index is 1.68. The van der Waals surface area contributed by atoms with Gasteiger partial charge in [0.1, 0.15) is 0 Å². The third kappa shape index (κ3) is 3.30. The predicted molar refractivity (Wildman–Crippen MR) is 68.0 cm³/mol. The molecule has 2 fully saturated rings. The van der Waals surface area contributed by atoms with Crippen molar-refractivity contribution in [3.05, 3.63) is 12.7 Å². The molecule has 0 saturated carbocycles. The maximum atomic E-state index is 11.6. The molecule has 3 N–H and O–H groups in total. The molecular formula is C12H20N4O2. The molecule has 0 bridgehead atoms. The van der Waals surface area contributed by atoms with Gasteiger partial charge >= 0.3 is 6.03 Å². The van der Waals surface area contributed by atoms with Crippen molar-refractivity contribution in [2.24, 2.45) is 11.8 Å². The lowest BCUT2D eigenvalue weighted by Crippen LogP contribution is -2.44. The summed E-state index contributed by atoms with van der Waals surface area (Å²) in [5.74, 6) is 1.07. The molecule has 18 heavy (non-hydrogen) atoms. The predicted octanol–water partition coefficient (Wildman–Crippen LogP) is -0.851. The van der Waals surface area contributed by atoms with Crippen molar-refractivity contribution in [3.8, 4) is 0 Å². The topological polar surface area (TPSA) is 73.5 Å². The van der Waals surface area contributed by atoms with Crippen molar-refractivity contribution in [1.82, 2.24) is 20.9 Å². The Labute approximate surface area is 107 Å². The molecule has 2 rings (SSSR count). The summed E-state index contributed by atoms with van der Waals surface area (Å²) in [6, 6.07) is -0.457. The number of amides is 3. The molecule has 0 aromatic carbocycles. The second-order valence-electron chi connectivity index (χ2n) is 4.92. The molecule has 100 valence electrons. The number of carbonyl (C=O) groups is 2. The molecular weight excluding hydrogens is 232 g/mol. The number of nitrogens with zero attached hydrogens (tertiary/aromatic N) is 1. The summed E-state index contributed by atoms with van der Waals surface area (Å²) in [4.78, 5) is 25.0. The highest BCUT2D eigenvalue weighted by atomic mass is 16.2. The van der Waals surface area contributed by atoms with Crippen LogP contribution >= 0.6 is 0 Å². The van der Waals surface area contributed by atoms with Gasteiger partial charge in [-0.3, -0.25) is 15.0 Å². The first kappa shape index (κ1) is 13.0. The largest absolute Gasteiger partial charge is 0.334 e. The highest BCUT2D eigenvalue weighted by Crippen LogP contribution is 2.25. The molecule has 2 heterocycles. The second kappa shape index (κ2) is 5.97. The SMILES string of the molecule is C=CCNC(=O)NC(=O)CN1CC2CNCC2C1. The van der Waals surface area contributed by atoms with Gasteiger partial charge in [0, 0.05) is 19.6 Å². The molecule has 2 aliphatic rings. The van der Waals surface area contributed by atoms with Gasteiger partial charge in [-0.25, -0.2) is 4.79 Å². The van der Waals surface area contributed by atoms with Gasteiger partial charge in [0.05, 0.1) is 6.54 Å². The molecule has 2 saturated heterocycles. The van der Waals surface area contributed by atoms with Crippen LogP contribution in [0.25, 0.3) is 0 Å². The Morgan fingerprint density at radius 2 is 2.00 bits per heavy atom. The van der Waals surface area contributed by atoms with Crippen LogP contribution in [0.5, 0.6) is 0 Å². The molecule has 2 unspecified atom stereocenters. The average Bonchev–Trinajstić information content (AvgIpc) is 2.86. The smallest absolute Gasteiger partial charge is 0.321 e. The zero-order valence-corrected chi connectivity index (χ0v) is 10.4. The van der Waals surface area contributed by atoms with Crippen molar-refractivity contribution >= 4 is 11.9 Å². The van der Waals surface area contributed by atoms with Gasteiger partial charge in [-0.1, -0.05) is 6.08 Å². The number of carbonyl (C=O) groups excluding carboxylic acids is 2. The van der Waals surface area contributed by atoms with Crippen molar-refractivity contribution in [2.45, 2.75) is 0 Å². The van der Waals surface area contributed by atoms with Gasteiger partial charge in [-0.05, 0) is 24.9 Å². The monoisotopic (exact) mass is 252 g/mol. The second-order valence-corrected chi connectivity index (χ2v) is 4.92. The molecule has 0 aromatic rings. The van der Waals surface area contributed by atoms with E-state index in [-0.39, 0.29) is 5.91 Å². The first-order chi connectivity index (χ1) is 8.69. The molecule has 2 atom stereocenters. The number of imide groups is 1. The molecule has 3 amide bonds. The summed E-state index contributed by atoms with van der Waals surface area (Å²) in [6.45, 7) is 8.12. The van der Waals surface area contributed by atoms with E-state index in [0.717, 1.165) is 26.2 Å². The van der Waals surface area contributed by atoms with E-state index in [1.165, 1.54) is 0 Å². The fourth-order valence-corrected chi connectivity index (χ4v) is 2.66. The summed E-state index contributed by atoms with van der Waals surface area (Å²) >= 11 is 0. The lowest BCUT2D eigenvalue weighted by molar-refractivity contribution is -0.121. The van der Waals surface area contributed by atoms with E-state index in [4.69, 9.17) is 0 Å². The van der Waals surface area contributed by atoms with Crippen molar-refractivity contribution in [1.29, 1.82) is 0 Å². The van der Waals surface area contributed by atoms with E-state index in [1.807, 2.05) is 0 Å². The third-order valence-corrected chi connectivity index (χ3v) is 3.49. The quantitative estimate of drug-likeness (QED) is 0.570. The van der Waals surface area contributed by atoms with E-state index >= 15 is 0 Å². The number of nitrogens with one attached hydrogen (secondary N) is 3. The minimum absolute atomic E-state index is 0.246. The molecule has 6 nitrogen and oxygen atoms in total. The van der Waals surface area contributed by atoms with Gasteiger partial charge in [0.2, 0.25) is 5.91 Å². The lowest BCUT2D eigenvalue weighted by atomic mass is 10.0. The van der Waals surface area contributed by atoms with Crippen LogP contribution in [0.1, 0.15) is 0 Å². The number of hydrogen-bond donors (Lipinski definition) is 3. The first-order valence-corrected chi connectivity index (χ1v) is 6.30. The number of urea groups is 1. The van der Waals surface area contributed by atoms with Crippen LogP contribution in [0.3, 0.4) is 0 Å². The Morgan fingerprint density at radius 1 is 1.33 bits per heavy atom. The van der Waals surface area contributed by atoms with Crippen LogP contribution in [-0.2, 0) is 4.79 Å². The highest BCUT2D eigenvalue weighted by Gasteiger charge is 2.36. The van der Waals surface area contributed by atoms with Crippen molar-refractivity contribution < 1.29 is 9.59 Å². The van der Waals surface area contributed by atoms with Gasteiger partial charge < -0.3 is 10.6 Å². The maximum Gasteiger partial charge on any atom is 0.321 e.